The number of halogens is 2. The third kappa shape index (κ3) is 3.08. The van der Waals surface area contributed by atoms with E-state index in [-0.39, 0.29) is 31.2 Å². The summed E-state index contributed by atoms with van der Waals surface area (Å²) in [5.74, 6) is -0.409. The van der Waals surface area contributed by atoms with E-state index >= 15 is 0 Å². The van der Waals surface area contributed by atoms with Crippen molar-refractivity contribution < 1.29 is 14.7 Å². The van der Waals surface area contributed by atoms with Crippen LogP contribution in [0.1, 0.15) is 12.8 Å². The number of carbonyl (C=O) groups is 2. The van der Waals surface area contributed by atoms with E-state index in [0.717, 1.165) is 30.8 Å². The van der Waals surface area contributed by atoms with Crippen LogP contribution in [0.15, 0.2) is 45.3 Å². The number of imide groups is 1. The molecule has 1 N–H and O–H groups in total. The molecule has 2 aromatic carbocycles. The minimum atomic E-state index is -0.827. The van der Waals surface area contributed by atoms with Crippen molar-refractivity contribution in [2.24, 2.45) is 0 Å². The minimum Gasteiger partial charge on any atom is -0.389 e. The Labute approximate surface area is 166 Å². The van der Waals surface area contributed by atoms with Crippen LogP contribution in [-0.2, 0) is 16.1 Å². The fourth-order valence-corrected chi connectivity index (χ4v) is 4.27. The molecule has 26 heavy (non-hydrogen) atoms. The first kappa shape index (κ1) is 17.7. The van der Waals surface area contributed by atoms with E-state index in [1.807, 2.05) is 28.8 Å². The largest absolute Gasteiger partial charge is 0.389 e. The molecule has 2 amide bonds. The van der Waals surface area contributed by atoms with Crippen LogP contribution >= 0.6 is 31.9 Å². The first-order valence-electron chi connectivity index (χ1n) is 8.32. The Morgan fingerprint density at radius 3 is 1.88 bits per heavy atom. The lowest BCUT2D eigenvalue weighted by Gasteiger charge is -2.20. The van der Waals surface area contributed by atoms with E-state index in [1.165, 1.54) is 4.90 Å². The molecule has 1 atom stereocenters. The van der Waals surface area contributed by atoms with Gasteiger partial charge in [-0.1, -0.05) is 31.9 Å². The maximum absolute atomic E-state index is 11.8. The van der Waals surface area contributed by atoms with Crippen molar-refractivity contribution in [3.8, 4) is 0 Å². The van der Waals surface area contributed by atoms with Crippen LogP contribution < -0.4 is 0 Å². The highest BCUT2D eigenvalue weighted by Crippen LogP contribution is 2.33. The number of likely N-dealkylation sites (tertiary alicyclic amines) is 1. The average Bonchev–Trinajstić information content (AvgIpc) is 3.07. The maximum Gasteiger partial charge on any atom is 0.229 e. The Hall–Kier alpha value is -1.70. The monoisotopic (exact) mass is 478 g/mol. The summed E-state index contributed by atoms with van der Waals surface area (Å²) in [6, 6.07) is 12.1. The summed E-state index contributed by atoms with van der Waals surface area (Å²) in [4.78, 5) is 24.8. The van der Waals surface area contributed by atoms with Crippen LogP contribution in [-0.4, -0.2) is 39.0 Å². The van der Waals surface area contributed by atoms with Crippen molar-refractivity contribution in [3.63, 3.8) is 0 Å². The van der Waals surface area contributed by atoms with Crippen LogP contribution in [0.4, 0.5) is 0 Å². The minimum absolute atomic E-state index is 0.0336. The molecule has 4 rings (SSSR count). The van der Waals surface area contributed by atoms with Crippen LogP contribution in [0, 0.1) is 0 Å². The smallest absolute Gasteiger partial charge is 0.229 e. The van der Waals surface area contributed by atoms with Gasteiger partial charge in [-0.05, 0) is 36.4 Å². The van der Waals surface area contributed by atoms with Gasteiger partial charge in [0.05, 0.1) is 19.2 Å². The van der Waals surface area contributed by atoms with Gasteiger partial charge in [-0.25, -0.2) is 0 Å². The molecule has 1 saturated heterocycles. The quantitative estimate of drug-likeness (QED) is 0.578. The number of amides is 2. The zero-order valence-corrected chi connectivity index (χ0v) is 17.0. The fourth-order valence-electron chi connectivity index (χ4n) is 3.55. The third-order valence-corrected chi connectivity index (χ3v) is 5.72. The second kappa shape index (κ2) is 6.79. The molecule has 1 aromatic heterocycles. The number of aliphatic hydroxyl groups is 1. The summed E-state index contributed by atoms with van der Waals surface area (Å²) in [6.45, 7) is 0.339. The van der Waals surface area contributed by atoms with E-state index in [4.69, 9.17) is 0 Å². The highest BCUT2D eigenvalue weighted by atomic mass is 79.9. The van der Waals surface area contributed by atoms with Gasteiger partial charge in [0, 0.05) is 43.6 Å². The number of fused-ring (bicyclic) bond motifs is 3. The Bertz CT molecular complexity index is 969. The summed E-state index contributed by atoms with van der Waals surface area (Å²) >= 11 is 7.03. The van der Waals surface area contributed by atoms with E-state index in [9.17, 15) is 14.7 Å². The molecule has 1 aliphatic heterocycles. The summed E-state index contributed by atoms with van der Waals surface area (Å²) in [5, 5.41) is 12.7. The number of carbonyl (C=O) groups excluding carboxylic acids is 2. The Kier molecular flexibility index (Phi) is 4.62. The molecule has 1 aliphatic rings. The number of β-amino-alcohol motifs (C(OH)–C–C–N with tert-alkyl or cyclic N) is 1. The highest BCUT2D eigenvalue weighted by molar-refractivity contribution is 9.10. The lowest BCUT2D eigenvalue weighted by atomic mass is 10.2. The highest BCUT2D eigenvalue weighted by Gasteiger charge is 2.30. The summed E-state index contributed by atoms with van der Waals surface area (Å²) in [6.07, 6.45) is -0.349. The van der Waals surface area contributed by atoms with Crippen LogP contribution in [0.2, 0.25) is 0 Å². The van der Waals surface area contributed by atoms with Crippen molar-refractivity contribution in [2.45, 2.75) is 25.5 Å². The van der Waals surface area contributed by atoms with E-state index in [0.29, 0.717) is 6.54 Å². The summed E-state index contributed by atoms with van der Waals surface area (Å²) < 4.78 is 4.01. The Morgan fingerprint density at radius 1 is 0.885 bits per heavy atom. The SMILES string of the molecule is O=C1CCC(=O)N1C[C@@H](O)Cn1c2ccc(Br)cc2c2cc(Br)ccc21. The van der Waals surface area contributed by atoms with Gasteiger partial charge < -0.3 is 9.67 Å². The molecule has 0 unspecified atom stereocenters. The van der Waals surface area contributed by atoms with Gasteiger partial charge in [0.2, 0.25) is 11.8 Å². The number of hydrogen-bond donors (Lipinski definition) is 1. The normalized spacial score (nSPS) is 16.2. The number of benzene rings is 2. The van der Waals surface area contributed by atoms with Gasteiger partial charge in [0.15, 0.2) is 0 Å². The standard InChI is InChI=1S/C19H16Br2N2O3/c20-11-1-3-16-14(7-11)15-8-12(21)2-4-17(15)22(16)9-13(24)10-23-18(25)5-6-19(23)26/h1-4,7-8,13,24H,5-6,9-10H2/t13-/m0/s1. The number of aliphatic hydroxyl groups excluding tert-OH is 1. The number of hydrogen-bond acceptors (Lipinski definition) is 3. The van der Waals surface area contributed by atoms with Crippen molar-refractivity contribution in [1.29, 1.82) is 0 Å². The number of rotatable bonds is 4. The van der Waals surface area contributed by atoms with Gasteiger partial charge in [0.25, 0.3) is 0 Å². The lowest BCUT2D eigenvalue weighted by Crippen LogP contribution is -2.38. The number of nitrogens with zero attached hydrogens (tertiary/aromatic N) is 2. The molecule has 0 spiro atoms. The van der Waals surface area contributed by atoms with Crippen molar-refractivity contribution >= 4 is 65.5 Å². The molecule has 2 heterocycles. The maximum atomic E-state index is 11.8. The van der Waals surface area contributed by atoms with Crippen molar-refractivity contribution in [2.75, 3.05) is 6.54 Å². The lowest BCUT2D eigenvalue weighted by molar-refractivity contribution is -0.140. The predicted molar refractivity (Wildman–Crippen MR) is 107 cm³/mol. The van der Waals surface area contributed by atoms with Gasteiger partial charge >= 0.3 is 0 Å². The second-order valence-corrected chi connectivity index (χ2v) is 8.32. The fraction of sp³-hybridized carbons (Fsp3) is 0.263. The van der Waals surface area contributed by atoms with Crippen molar-refractivity contribution in [1.82, 2.24) is 9.47 Å². The van der Waals surface area contributed by atoms with Crippen LogP contribution in [0.3, 0.4) is 0 Å². The zero-order chi connectivity index (χ0) is 18.4. The van der Waals surface area contributed by atoms with Crippen LogP contribution in [0.25, 0.3) is 21.8 Å². The molecule has 134 valence electrons. The van der Waals surface area contributed by atoms with Crippen LogP contribution in [0.5, 0.6) is 0 Å². The Morgan fingerprint density at radius 2 is 1.38 bits per heavy atom. The van der Waals surface area contributed by atoms with Crippen molar-refractivity contribution in [3.05, 3.63) is 45.3 Å². The van der Waals surface area contributed by atoms with Gasteiger partial charge in [0.1, 0.15) is 0 Å². The van der Waals surface area contributed by atoms with E-state index in [1.54, 1.807) is 0 Å². The molecule has 0 saturated carbocycles. The zero-order valence-electron chi connectivity index (χ0n) is 13.8. The third-order valence-electron chi connectivity index (χ3n) is 4.73. The molecule has 0 radical (unpaired) electrons. The first-order chi connectivity index (χ1) is 12.4. The predicted octanol–water partition coefficient (Wildman–Crippen LogP) is 3.83. The molecule has 5 nitrogen and oxygen atoms in total. The van der Waals surface area contributed by atoms with E-state index in [2.05, 4.69) is 44.0 Å². The number of aromatic nitrogens is 1. The van der Waals surface area contributed by atoms with Gasteiger partial charge in [-0.3, -0.25) is 14.5 Å². The molecule has 7 heteroatoms. The van der Waals surface area contributed by atoms with E-state index < -0.39 is 6.10 Å². The molecule has 3 aromatic rings. The second-order valence-electron chi connectivity index (χ2n) is 6.49. The average molecular weight is 480 g/mol. The summed E-state index contributed by atoms with van der Waals surface area (Å²) in [7, 11) is 0. The van der Waals surface area contributed by atoms with Gasteiger partial charge in [-0.15, -0.1) is 0 Å². The topological polar surface area (TPSA) is 62.5 Å². The molecule has 1 fully saturated rings. The molecular weight excluding hydrogens is 464 g/mol. The first-order valence-corrected chi connectivity index (χ1v) is 9.91. The molecule has 0 aliphatic carbocycles. The summed E-state index contributed by atoms with van der Waals surface area (Å²) in [5.41, 5.74) is 2.00. The molecular formula is C19H16Br2N2O3. The molecule has 0 bridgehead atoms. The Balaban J connectivity index is 1.73. The van der Waals surface area contributed by atoms with Gasteiger partial charge in [-0.2, -0.15) is 0 Å².